The second-order valence-corrected chi connectivity index (χ2v) is 8.26. The lowest BCUT2D eigenvalue weighted by Gasteiger charge is -2.18. The zero-order valence-corrected chi connectivity index (χ0v) is 18.8. The molecule has 0 fully saturated rings. The minimum atomic E-state index is -2.60. The second kappa shape index (κ2) is 8.69. The van der Waals surface area contributed by atoms with Crippen molar-refractivity contribution in [3.63, 3.8) is 0 Å². The fourth-order valence-corrected chi connectivity index (χ4v) is 4.02. The summed E-state index contributed by atoms with van der Waals surface area (Å²) in [7, 11) is 0. The largest absolute Gasteiger partial charge is 0.481 e. The van der Waals surface area contributed by atoms with E-state index in [0.717, 1.165) is 11.3 Å². The molecule has 35 heavy (non-hydrogen) atoms. The highest BCUT2D eigenvalue weighted by atomic mass is 16.4. The third-order valence-corrected chi connectivity index (χ3v) is 5.92. The first-order chi connectivity index (χ1) is 16.5. The van der Waals surface area contributed by atoms with Crippen LogP contribution >= 0.6 is 0 Å². The Bertz CT molecular complexity index is 1380. The number of carboxylic acids is 2. The van der Waals surface area contributed by atoms with Crippen LogP contribution in [0.1, 0.15) is 48.8 Å². The van der Waals surface area contributed by atoms with E-state index in [0.29, 0.717) is 23.5 Å². The van der Waals surface area contributed by atoms with Gasteiger partial charge in [-0.2, -0.15) is 5.10 Å². The summed E-state index contributed by atoms with van der Waals surface area (Å²) in [4.78, 5) is 47.2. The number of aliphatic carboxylic acids is 2. The van der Waals surface area contributed by atoms with Crippen LogP contribution in [0.25, 0.3) is 0 Å². The molecule has 4 rings (SSSR count). The van der Waals surface area contributed by atoms with Gasteiger partial charge in [-0.3, -0.25) is 19.1 Å². The molecule has 0 spiro atoms. The number of carbonyl (C=O) groups is 4. The minimum Gasteiger partial charge on any atom is -0.481 e. The highest BCUT2D eigenvalue weighted by Gasteiger charge is 2.48. The lowest BCUT2D eigenvalue weighted by Crippen LogP contribution is -2.46. The number of aryl methyl sites for hydroxylation is 1. The van der Waals surface area contributed by atoms with Gasteiger partial charge in [0, 0.05) is 33.6 Å². The van der Waals surface area contributed by atoms with E-state index in [2.05, 4.69) is 10.4 Å². The quantitative estimate of drug-likeness (QED) is 0.339. The van der Waals surface area contributed by atoms with Crippen molar-refractivity contribution in [1.82, 2.24) is 15.1 Å². The molecule has 180 valence electrons. The van der Waals surface area contributed by atoms with Gasteiger partial charge in [0.15, 0.2) is 0 Å². The molecule has 0 radical (unpaired) electrons. The molecule has 1 aromatic heterocycles. The summed E-state index contributed by atoms with van der Waals surface area (Å²) in [5.41, 5.74) is 0.711. The van der Waals surface area contributed by atoms with Gasteiger partial charge in [-0.05, 0) is 49.7 Å². The van der Waals surface area contributed by atoms with E-state index in [1.165, 1.54) is 18.2 Å². The smallest absolute Gasteiger partial charge is 0.362 e. The number of aromatic nitrogens is 2. The van der Waals surface area contributed by atoms with Gasteiger partial charge in [-0.1, -0.05) is 12.1 Å². The molecular formula is C24H22N4O7. The van der Waals surface area contributed by atoms with Gasteiger partial charge < -0.3 is 26.0 Å². The SMILES string of the molecule is Cc1nn(Cc2ccc(NC(=O)c3ccc4c(c3)C(O)(C(=O)O)NC4=O)cc2)c(C)c1CC(=O)O. The zero-order valence-electron chi connectivity index (χ0n) is 18.8. The molecule has 0 aliphatic carbocycles. The van der Waals surface area contributed by atoms with Crippen LogP contribution in [0, 0.1) is 13.8 Å². The minimum absolute atomic E-state index is 0.0218. The lowest BCUT2D eigenvalue weighted by molar-refractivity contribution is -0.161. The van der Waals surface area contributed by atoms with E-state index in [1.807, 2.05) is 12.2 Å². The van der Waals surface area contributed by atoms with Crippen LogP contribution in [-0.2, 0) is 28.3 Å². The number of benzene rings is 2. The van der Waals surface area contributed by atoms with Crippen LogP contribution in [0.2, 0.25) is 0 Å². The maximum absolute atomic E-state index is 12.7. The standard InChI is InChI=1S/C24H22N4O7/c1-12-18(10-20(29)30)13(2)28(27-12)11-14-3-6-16(7-4-14)25-21(31)15-5-8-17-19(9-15)24(35,23(33)34)26-22(17)32/h3-9,35H,10-11H2,1-2H3,(H,25,31)(H,26,32)(H,29,30)(H,33,34). The maximum atomic E-state index is 12.7. The summed E-state index contributed by atoms with van der Waals surface area (Å²) < 4.78 is 1.73. The van der Waals surface area contributed by atoms with Crippen LogP contribution in [0.15, 0.2) is 42.5 Å². The molecule has 11 nitrogen and oxygen atoms in total. The Morgan fingerprint density at radius 3 is 2.40 bits per heavy atom. The van der Waals surface area contributed by atoms with Gasteiger partial charge in [0.1, 0.15) is 0 Å². The number of hydrogen-bond donors (Lipinski definition) is 5. The van der Waals surface area contributed by atoms with Gasteiger partial charge in [-0.15, -0.1) is 0 Å². The van der Waals surface area contributed by atoms with Crippen LogP contribution in [0.5, 0.6) is 0 Å². The molecule has 0 saturated heterocycles. The van der Waals surface area contributed by atoms with Gasteiger partial charge in [0.05, 0.1) is 18.7 Å². The monoisotopic (exact) mass is 478 g/mol. The van der Waals surface area contributed by atoms with E-state index in [4.69, 9.17) is 5.11 Å². The van der Waals surface area contributed by atoms with Crippen molar-refractivity contribution >= 4 is 29.4 Å². The van der Waals surface area contributed by atoms with Gasteiger partial charge >= 0.3 is 11.9 Å². The topological polar surface area (TPSA) is 171 Å². The predicted molar refractivity (Wildman–Crippen MR) is 122 cm³/mol. The molecule has 1 unspecified atom stereocenters. The van der Waals surface area contributed by atoms with E-state index >= 15 is 0 Å². The number of hydrogen-bond acceptors (Lipinski definition) is 6. The first-order valence-corrected chi connectivity index (χ1v) is 10.6. The number of carbonyl (C=O) groups excluding carboxylic acids is 2. The Balaban J connectivity index is 1.48. The summed E-state index contributed by atoms with van der Waals surface area (Å²) in [6.45, 7) is 4.00. The molecule has 3 aromatic rings. The number of nitrogens with zero attached hydrogens (tertiary/aromatic N) is 2. The highest BCUT2D eigenvalue weighted by Crippen LogP contribution is 2.30. The second-order valence-electron chi connectivity index (χ2n) is 8.26. The van der Waals surface area contributed by atoms with E-state index in [9.17, 15) is 29.4 Å². The summed E-state index contributed by atoms with van der Waals surface area (Å²) >= 11 is 0. The third kappa shape index (κ3) is 4.36. The van der Waals surface area contributed by atoms with E-state index in [1.54, 1.807) is 35.9 Å². The maximum Gasteiger partial charge on any atom is 0.362 e. The normalized spacial score (nSPS) is 16.5. The van der Waals surface area contributed by atoms with Crippen LogP contribution in [0.3, 0.4) is 0 Å². The van der Waals surface area contributed by atoms with Crippen molar-refractivity contribution in [3.8, 4) is 0 Å². The molecule has 2 amide bonds. The van der Waals surface area contributed by atoms with Gasteiger partial charge in [-0.25, -0.2) is 4.79 Å². The molecule has 11 heteroatoms. The number of rotatable bonds is 7. The molecule has 0 bridgehead atoms. The number of aliphatic hydroxyl groups is 1. The van der Waals surface area contributed by atoms with Crippen molar-refractivity contribution in [2.75, 3.05) is 5.32 Å². The van der Waals surface area contributed by atoms with Crippen LogP contribution in [0.4, 0.5) is 5.69 Å². The van der Waals surface area contributed by atoms with Gasteiger partial charge in [0.25, 0.3) is 17.5 Å². The third-order valence-electron chi connectivity index (χ3n) is 5.92. The Morgan fingerprint density at radius 1 is 1.09 bits per heavy atom. The summed E-state index contributed by atoms with van der Waals surface area (Å²) in [6, 6.07) is 10.8. The van der Waals surface area contributed by atoms with Crippen molar-refractivity contribution in [2.45, 2.75) is 32.5 Å². The van der Waals surface area contributed by atoms with Crippen molar-refractivity contribution < 1.29 is 34.5 Å². The average Bonchev–Trinajstić information content (AvgIpc) is 3.22. The fraction of sp³-hybridized carbons (Fsp3) is 0.208. The number of carboxylic acid groups (broad SMARTS) is 2. The summed E-state index contributed by atoms with van der Waals surface area (Å²) in [6.07, 6.45) is -0.0978. The molecule has 0 saturated carbocycles. The zero-order chi connectivity index (χ0) is 25.5. The number of amides is 2. The molecule has 5 N–H and O–H groups in total. The summed E-state index contributed by atoms with van der Waals surface area (Å²) in [5, 5.41) is 37.8. The predicted octanol–water partition coefficient (Wildman–Crippen LogP) is 1.40. The van der Waals surface area contributed by atoms with Crippen molar-refractivity contribution in [1.29, 1.82) is 0 Å². The fourth-order valence-electron chi connectivity index (χ4n) is 4.02. The molecule has 2 heterocycles. The lowest BCUT2D eigenvalue weighted by atomic mass is 9.98. The highest BCUT2D eigenvalue weighted by molar-refractivity contribution is 6.08. The van der Waals surface area contributed by atoms with Gasteiger partial charge in [0.2, 0.25) is 0 Å². The van der Waals surface area contributed by atoms with E-state index in [-0.39, 0.29) is 23.1 Å². The number of fused-ring (bicyclic) bond motifs is 1. The van der Waals surface area contributed by atoms with Crippen LogP contribution in [-0.4, -0.2) is 48.9 Å². The Kier molecular flexibility index (Phi) is 5.87. The number of anilines is 1. The number of nitrogens with one attached hydrogen (secondary N) is 2. The van der Waals surface area contributed by atoms with E-state index < -0.39 is 29.5 Å². The van der Waals surface area contributed by atoms with Crippen molar-refractivity contribution in [3.05, 3.63) is 81.7 Å². The molecular weight excluding hydrogens is 456 g/mol. The Morgan fingerprint density at radius 2 is 1.77 bits per heavy atom. The molecule has 1 aliphatic heterocycles. The molecule has 1 aliphatic rings. The van der Waals surface area contributed by atoms with Crippen LogP contribution < -0.4 is 10.6 Å². The first-order valence-electron chi connectivity index (χ1n) is 10.6. The molecule has 2 aromatic carbocycles. The Hall–Kier alpha value is -4.51. The van der Waals surface area contributed by atoms with Crippen molar-refractivity contribution in [2.24, 2.45) is 0 Å². The first kappa shape index (κ1) is 23.6. The summed E-state index contributed by atoms with van der Waals surface area (Å²) in [5.74, 6) is -3.88. The average molecular weight is 478 g/mol. The Labute approximate surface area is 199 Å². The molecule has 1 atom stereocenters.